The molecule has 78 valence electrons. The first-order valence-corrected chi connectivity index (χ1v) is 6.04. The molecule has 3 heteroatoms. The summed E-state index contributed by atoms with van der Waals surface area (Å²) in [4.78, 5) is 12.2. The minimum atomic E-state index is 0.116. The topological polar surface area (TPSA) is 29.1 Å². The summed E-state index contributed by atoms with van der Waals surface area (Å²) in [6, 6.07) is 13.6. The average Bonchev–Trinajstić information content (AvgIpc) is 2.64. The normalized spacial score (nSPS) is 12.2. The van der Waals surface area contributed by atoms with E-state index in [1.54, 1.807) is 0 Å². The van der Waals surface area contributed by atoms with Crippen molar-refractivity contribution in [2.45, 2.75) is 0 Å². The predicted octanol–water partition coefficient (Wildman–Crippen LogP) is 3.66. The number of fused-ring (bicyclic) bond motifs is 3. The molecule has 2 nitrogen and oxygen atoms in total. The van der Waals surface area contributed by atoms with E-state index in [1.807, 2.05) is 42.5 Å². The van der Waals surface area contributed by atoms with Crippen molar-refractivity contribution in [2.75, 3.05) is 3.53 Å². The number of rotatable bonds is 1. The summed E-state index contributed by atoms with van der Waals surface area (Å²) >= 11 is 2.05. The Morgan fingerprint density at radius 1 is 0.875 bits per heavy atom. The van der Waals surface area contributed by atoms with Gasteiger partial charge in [0.15, 0.2) is 5.78 Å². The number of halogens is 1. The van der Waals surface area contributed by atoms with E-state index in [1.165, 1.54) is 0 Å². The first-order chi connectivity index (χ1) is 7.83. The van der Waals surface area contributed by atoms with Crippen LogP contribution in [0.5, 0.6) is 0 Å². The predicted molar refractivity (Wildman–Crippen MR) is 73.0 cm³/mol. The molecule has 2 aromatic carbocycles. The first kappa shape index (κ1) is 9.84. The maximum atomic E-state index is 12.2. The van der Waals surface area contributed by atoms with Gasteiger partial charge >= 0.3 is 0 Å². The van der Waals surface area contributed by atoms with Crippen molar-refractivity contribution in [3.05, 3.63) is 53.6 Å². The number of anilines is 1. The van der Waals surface area contributed by atoms with E-state index in [0.717, 1.165) is 27.9 Å². The maximum absolute atomic E-state index is 12.2. The molecule has 0 radical (unpaired) electrons. The Bertz CT molecular complexity index is 592. The highest BCUT2D eigenvalue weighted by Crippen LogP contribution is 2.40. The van der Waals surface area contributed by atoms with Crippen LogP contribution < -0.4 is 3.53 Å². The van der Waals surface area contributed by atoms with Crippen LogP contribution in [0.25, 0.3) is 11.1 Å². The number of carbonyl (C=O) groups is 1. The van der Waals surface area contributed by atoms with Gasteiger partial charge in [0, 0.05) is 5.56 Å². The molecule has 0 amide bonds. The molecule has 0 fully saturated rings. The van der Waals surface area contributed by atoms with Gasteiger partial charge < -0.3 is 3.53 Å². The third kappa shape index (κ3) is 1.21. The van der Waals surface area contributed by atoms with Crippen LogP contribution in [0.1, 0.15) is 15.9 Å². The van der Waals surface area contributed by atoms with Crippen molar-refractivity contribution < 1.29 is 4.79 Å². The third-order valence-corrected chi connectivity index (χ3v) is 3.44. The molecular formula is C13H8INO. The SMILES string of the molecule is O=C1c2ccccc2-c2cccc(NI)c21. The van der Waals surface area contributed by atoms with Gasteiger partial charge in [0.2, 0.25) is 0 Å². The van der Waals surface area contributed by atoms with Gasteiger partial charge in [-0.05, 0) is 17.2 Å². The first-order valence-electron chi connectivity index (χ1n) is 4.96. The van der Waals surface area contributed by atoms with Crippen molar-refractivity contribution in [3.63, 3.8) is 0 Å². The van der Waals surface area contributed by atoms with Crippen LogP contribution in [0.3, 0.4) is 0 Å². The number of carbonyl (C=O) groups excluding carboxylic acids is 1. The smallest absolute Gasteiger partial charge is 0.196 e. The molecule has 0 aromatic heterocycles. The Balaban J connectivity index is 2.37. The molecule has 0 heterocycles. The highest BCUT2D eigenvalue weighted by Gasteiger charge is 2.28. The summed E-state index contributed by atoms with van der Waals surface area (Å²) in [5.41, 5.74) is 4.55. The van der Waals surface area contributed by atoms with Gasteiger partial charge in [-0.2, -0.15) is 0 Å². The van der Waals surface area contributed by atoms with E-state index >= 15 is 0 Å². The molecule has 1 aliphatic carbocycles. The number of nitrogens with one attached hydrogen (secondary N) is 1. The van der Waals surface area contributed by atoms with Crippen LogP contribution in [0, 0.1) is 0 Å². The fourth-order valence-corrected chi connectivity index (χ4v) is 2.60. The lowest BCUT2D eigenvalue weighted by atomic mass is 10.1. The Hall–Kier alpha value is -1.36. The standard InChI is InChI=1S/C13H8INO/c14-15-11-7-3-6-9-8-4-1-2-5-10(8)13(16)12(9)11/h1-7,15H. The quantitative estimate of drug-likeness (QED) is 0.547. The second kappa shape index (κ2) is 3.59. The monoisotopic (exact) mass is 321 g/mol. The molecule has 1 N–H and O–H groups in total. The van der Waals surface area contributed by atoms with Crippen molar-refractivity contribution in [2.24, 2.45) is 0 Å². The lowest BCUT2D eigenvalue weighted by Crippen LogP contribution is -1.98. The highest BCUT2D eigenvalue weighted by atomic mass is 127. The summed E-state index contributed by atoms with van der Waals surface area (Å²) < 4.78 is 3.04. The molecule has 0 unspecified atom stereocenters. The van der Waals surface area contributed by atoms with Gasteiger partial charge in [-0.25, -0.2) is 0 Å². The third-order valence-electron chi connectivity index (χ3n) is 2.86. The number of benzene rings is 2. The fraction of sp³-hybridized carbons (Fsp3) is 0. The van der Waals surface area contributed by atoms with Crippen molar-refractivity contribution in [1.82, 2.24) is 0 Å². The zero-order valence-corrected chi connectivity index (χ0v) is 10.5. The van der Waals surface area contributed by atoms with Crippen LogP contribution in [0.15, 0.2) is 42.5 Å². The Morgan fingerprint density at radius 2 is 1.56 bits per heavy atom. The molecule has 2 aromatic rings. The minimum absolute atomic E-state index is 0.116. The Morgan fingerprint density at radius 3 is 2.31 bits per heavy atom. The second-order valence-corrected chi connectivity index (χ2v) is 4.24. The largest absolute Gasteiger partial charge is 0.328 e. The van der Waals surface area contributed by atoms with Gasteiger partial charge in [0.25, 0.3) is 0 Å². The van der Waals surface area contributed by atoms with Crippen LogP contribution >= 0.6 is 22.9 Å². The minimum Gasteiger partial charge on any atom is -0.328 e. The van der Waals surface area contributed by atoms with Crippen LogP contribution in [-0.2, 0) is 0 Å². The number of hydrogen-bond donors (Lipinski definition) is 1. The van der Waals surface area contributed by atoms with Crippen LogP contribution in [-0.4, -0.2) is 5.78 Å². The summed E-state index contributed by atoms with van der Waals surface area (Å²) in [5.74, 6) is 0.116. The van der Waals surface area contributed by atoms with E-state index in [0.29, 0.717) is 0 Å². The van der Waals surface area contributed by atoms with Gasteiger partial charge in [-0.15, -0.1) is 0 Å². The number of hydrogen-bond acceptors (Lipinski definition) is 2. The van der Waals surface area contributed by atoms with Crippen molar-refractivity contribution in [1.29, 1.82) is 0 Å². The number of ketones is 1. The van der Waals surface area contributed by atoms with E-state index in [9.17, 15) is 4.79 Å². The molecule has 0 bridgehead atoms. The zero-order chi connectivity index (χ0) is 11.1. The molecular weight excluding hydrogens is 313 g/mol. The Kier molecular flexibility index (Phi) is 2.21. The summed E-state index contributed by atoms with van der Waals surface area (Å²) in [6.07, 6.45) is 0. The highest BCUT2D eigenvalue weighted by molar-refractivity contribution is 14.1. The van der Waals surface area contributed by atoms with Gasteiger partial charge in [0.05, 0.1) is 34.1 Å². The summed E-state index contributed by atoms with van der Waals surface area (Å²) in [7, 11) is 0. The molecule has 1 aliphatic rings. The summed E-state index contributed by atoms with van der Waals surface area (Å²) in [6.45, 7) is 0. The van der Waals surface area contributed by atoms with Gasteiger partial charge in [0.1, 0.15) is 0 Å². The maximum Gasteiger partial charge on any atom is 0.196 e. The van der Waals surface area contributed by atoms with Crippen LogP contribution in [0.2, 0.25) is 0 Å². The molecule has 0 atom stereocenters. The molecule has 0 saturated heterocycles. The zero-order valence-electron chi connectivity index (χ0n) is 8.33. The average molecular weight is 321 g/mol. The Labute approximate surface area is 107 Å². The van der Waals surface area contributed by atoms with E-state index in [4.69, 9.17) is 0 Å². The summed E-state index contributed by atoms with van der Waals surface area (Å²) in [5, 5.41) is 0. The van der Waals surface area contributed by atoms with Gasteiger partial charge in [-0.3, -0.25) is 4.79 Å². The molecule has 0 aliphatic heterocycles. The van der Waals surface area contributed by atoms with E-state index in [2.05, 4.69) is 26.4 Å². The lowest BCUT2D eigenvalue weighted by molar-refractivity contribution is 0.104. The second-order valence-electron chi connectivity index (χ2n) is 3.70. The lowest BCUT2D eigenvalue weighted by Gasteiger charge is -2.04. The van der Waals surface area contributed by atoms with E-state index in [-0.39, 0.29) is 5.78 Å². The van der Waals surface area contributed by atoms with E-state index < -0.39 is 0 Å². The van der Waals surface area contributed by atoms with Crippen LogP contribution in [0.4, 0.5) is 5.69 Å². The molecule has 3 rings (SSSR count). The molecule has 0 spiro atoms. The van der Waals surface area contributed by atoms with Crippen molar-refractivity contribution >= 4 is 34.3 Å². The molecule has 0 saturated carbocycles. The fourth-order valence-electron chi connectivity index (χ4n) is 2.15. The molecule has 16 heavy (non-hydrogen) atoms. The van der Waals surface area contributed by atoms with Gasteiger partial charge in [-0.1, -0.05) is 36.4 Å². The van der Waals surface area contributed by atoms with Crippen molar-refractivity contribution in [3.8, 4) is 11.1 Å².